The largest absolute Gasteiger partial charge is 0.314 e. The maximum atomic E-state index is 4.17. The number of hydrogen-bond donors (Lipinski definition) is 1. The summed E-state index contributed by atoms with van der Waals surface area (Å²) in [6.07, 6.45) is 0. The molecule has 6 heteroatoms. The van der Waals surface area contributed by atoms with E-state index in [0.29, 0.717) is 6.04 Å². The topological polar surface area (TPSA) is 58.9 Å². The molecule has 2 rings (SSSR count). The lowest BCUT2D eigenvalue weighted by atomic mass is 10.2. The molecule has 1 aliphatic heterocycles. The van der Waals surface area contributed by atoms with Crippen LogP contribution in [0.25, 0.3) is 0 Å². The van der Waals surface area contributed by atoms with Crippen LogP contribution >= 0.6 is 0 Å². The molecule has 78 valence electrons. The molecule has 6 nitrogen and oxygen atoms in total. The number of nitrogens with one attached hydrogen (secondary N) is 1. The van der Waals surface area contributed by atoms with Gasteiger partial charge in [0.05, 0.1) is 13.6 Å². The number of tetrazole rings is 1. The Morgan fingerprint density at radius 1 is 1.57 bits per heavy atom. The molecule has 0 radical (unpaired) electrons. The van der Waals surface area contributed by atoms with Gasteiger partial charge in [0.25, 0.3) is 0 Å². The van der Waals surface area contributed by atoms with Gasteiger partial charge in [-0.3, -0.25) is 4.90 Å². The molecule has 0 saturated carbocycles. The van der Waals surface area contributed by atoms with Gasteiger partial charge in [-0.05, 0) is 12.1 Å². The third-order valence-electron chi connectivity index (χ3n) is 2.53. The van der Waals surface area contributed by atoms with E-state index < -0.39 is 0 Å². The molecule has 1 N–H and O–H groups in total. The first-order valence-corrected chi connectivity index (χ1v) is 4.93. The van der Waals surface area contributed by atoms with Gasteiger partial charge in [0.1, 0.15) is 0 Å². The highest BCUT2D eigenvalue weighted by atomic mass is 15.6. The highest BCUT2D eigenvalue weighted by Crippen LogP contribution is 2.05. The van der Waals surface area contributed by atoms with E-state index in [4.69, 9.17) is 0 Å². The average molecular weight is 196 g/mol. The molecule has 1 fully saturated rings. The van der Waals surface area contributed by atoms with Gasteiger partial charge in [0.2, 0.25) is 0 Å². The Bertz CT molecular complexity index is 296. The van der Waals surface area contributed by atoms with Crippen molar-refractivity contribution < 1.29 is 0 Å². The van der Waals surface area contributed by atoms with Crippen molar-refractivity contribution in [1.82, 2.24) is 30.4 Å². The van der Waals surface area contributed by atoms with Crippen molar-refractivity contribution in [2.75, 3.05) is 19.6 Å². The van der Waals surface area contributed by atoms with E-state index in [1.54, 1.807) is 7.05 Å². The third kappa shape index (κ3) is 2.08. The van der Waals surface area contributed by atoms with Crippen molar-refractivity contribution >= 4 is 0 Å². The monoisotopic (exact) mass is 196 g/mol. The minimum Gasteiger partial charge on any atom is -0.314 e. The fourth-order valence-electron chi connectivity index (χ4n) is 1.69. The van der Waals surface area contributed by atoms with Gasteiger partial charge in [-0.2, -0.15) is 4.80 Å². The molecule has 0 unspecified atom stereocenters. The summed E-state index contributed by atoms with van der Waals surface area (Å²) in [4.78, 5) is 3.87. The van der Waals surface area contributed by atoms with Crippen LogP contribution < -0.4 is 5.32 Å². The van der Waals surface area contributed by atoms with E-state index in [2.05, 4.69) is 32.6 Å². The molecule has 0 aromatic carbocycles. The Kier molecular flexibility index (Phi) is 2.74. The van der Waals surface area contributed by atoms with Crippen molar-refractivity contribution in [2.45, 2.75) is 19.5 Å². The highest BCUT2D eigenvalue weighted by Gasteiger charge is 2.19. The number of hydrogen-bond acceptors (Lipinski definition) is 5. The van der Waals surface area contributed by atoms with Crippen LogP contribution in [0.4, 0.5) is 0 Å². The number of aromatic nitrogens is 4. The Morgan fingerprint density at radius 3 is 3.07 bits per heavy atom. The molecule has 1 saturated heterocycles. The molecule has 2 heterocycles. The summed E-state index contributed by atoms with van der Waals surface area (Å²) in [5.74, 6) is 0.807. The van der Waals surface area contributed by atoms with Gasteiger partial charge < -0.3 is 5.32 Å². The fraction of sp³-hybridized carbons (Fsp3) is 0.875. The van der Waals surface area contributed by atoms with E-state index in [1.807, 2.05) is 0 Å². The second-order valence-corrected chi connectivity index (χ2v) is 3.72. The van der Waals surface area contributed by atoms with Crippen LogP contribution in [0.15, 0.2) is 0 Å². The lowest BCUT2D eigenvalue weighted by Crippen LogP contribution is -2.49. The van der Waals surface area contributed by atoms with Gasteiger partial charge in [-0.1, -0.05) is 0 Å². The van der Waals surface area contributed by atoms with Crippen LogP contribution in [0.5, 0.6) is 0 Å². The molecule has 1 aliphatic rings. The van der Waals surface area contributed by atoms with Crippen LogP contribution in [-0.2, 0) is 13.6 Å². The standard InChI is InChI=1S/C8H16N6/c1-7-5-9-3-4-14(7)6-8-10-12-13(2)11-8/h7,9H,3-6H2,1-2H3/t7-/m1/s1. The van der Waals surface area contributed by atoms with Crippen LogP contribution in [0.1, 0.15) is 12.7 Å². The normalized spacial score (nSPS) is 24.0. The molecule has 1 aromatic rings. The quantitative estimate of drug-likeness (QED) is 0.657. The van der Waals surface area contributed by atoms with E-state index in [1.165, 1.54) is 4.80 Å². The van der Waals surface area contributed by atoms with Gasteiger partial charge in [0, 0.05) is 25.7 Å². The van der Waals surface area contributed by atoms with Gasteiger partial charge >= 0.3 is 0 Å². The Balaban J connectivity index is 1.95. The molecule has 14 heavy (non-hydrogen) atoms. The van der Waals surface area contributed by atoms with E-state index >= 15 is 0 Å². The minimum absolute atomic E-state index is 0.549. The molecular weight excluding hydrogens is 180 g/mol. The maximum Gasteiger partial charge on any atom is 0.188 e. The van der Waals surface area contributed by atoms with Crippen molar-refractivity contribution in [2.24, 2.45) is 7.05 Å². The Hall–Kier alpha value is -1.01. The van der Waals surface area contributed by atoms with E-state index in [0.717, 1.165) is 32.0 Å². The van der Waals surface area contributed by atoms with E-state index in [9.17, 15) is 0 Å². The number of nitrogens with zero attached hydrogens (tertiary/aromatic N) is 5. The lowest BCUT2D eigenvalue weighted by Gasteiger charge is -2.32. The minimum atomic E-state index is 0.549. The molecule has 0 amide bonds. The predicted molar refractivity (Wildman–Crippen MR) is 51.5 cm³/mol. The first-order valence-electron chi connectivity index (χ1n) is 4.93. The molecule has 0 spiro atoms. The van der Waals surface area contributed by atoms with Crippen LogP contribution in [0.3, 0.4) is 0 Å². The summed E-state index contributed by atoms with van der Waals surface area (Å²) in [7, 11) is 1.79. The average Bonchev–Trinajstić information content (AvgIpc) is 2.56. The summed E-state index contributed by atoms with van der Waals surface area (Å²) in [5, 5.41) is 15.3. The zero-order chi connectivity index (χ0) is 9.97. The molecule has 0 bridgehead atoms. The van der Waals surface area contributed by atoms with Crippen LogP contribution in [-0.4, -0.2) is 50.8 Å². The number of rotatable bonds is 2. The highest BCUT2D eigenvalue weighted by molar-refractivity contribution is 4.83. The molecule has 1 aromatic heterocycles. The Morgan fingerprint density at radius 2 is 2.43 bits per heavy atom. The number of aryl methyl sites for hydroxylation is 1. The van der Waals surface area contributed by atoms with Gasteiger partial charge in [0.15, 0.2) is 5.82 Å². The zero-order valence-corrected chi connectivity index (χ0v) is 8.64. The Labute approximate surface area is 83.3 Å². The smallest absolute Gasteiger partial charge is 0.188 e. The second-order valence-electron chi connectivity index (χ2n) is 3.72. The first-order chi connectivity index (χ1) is 6.75. The van der Waals surface area contributed by atoms with Crippen molar-refractivity contribution in [3.63, 3.8) is 0 Å². The summed E-state index contributed by atoms with van der Waals surface area (Å²) >= 11 is 0. The first kappa shape index (κ1) is 9.54. The van der Waals surface area contributed by atoms with E-state index in [-0.39, 0.29) is 0 Å². The summed E-state index contributed by atoms with van der Waals surface area (Å²) in [6, 6.07) is 0.549. The maximum absolute atomic E-state index is 4.17. The molecular formula is C8H16N6. The fourth-order valence-corrected chi connectivity index (χ4v) is 1.69. The summed E-state index contributed by atoms with van der Waals surface area (Å²) in [6.45, 7) is 6.16. The van der Waals surface area contributed by atoms with Crippen molar-refractivity contribution in [1.29, 1.82) is 0 Å². The summed E-state index contributed by atoms with van der Waals surface area (Å²) < 4.78 is 0. The lowest BCUT2D eigenvalue weighted by molar-refractivity contribution is 0.161. The van der Waals surface area contributed by atoms with Crippen molar-refractivity contribution in [3.05, 3.63) is 5.82 Å². The predicted octanol–water partition coefficient (Wildman–Crippen LogP) is -0.996. The van der Waals surface area contributed by atoms with Gasteiger partial charge in [-0.15, -0.1) is 10.2 Å². The van der Waals surface area contributed by atoms with Crippen molar-refractivity contribution in [3.8, 4) is 0 Å². The zero-order valence-electron chi connectivity index (χ0n) is 8.64. The van der Waals surface area contributed by atoms with Gasteiger partial charge in [-0.25, -0.2) is 0 Å². The van der Waals surface area contributed by atoms with Crippen LogP contribution in [0.2, 0.25) is 0 Å². The third-order valence-corrected chi connectivity index (χ3v) is 2.53. The van der Waals surface area contributed by atoms with Crippen LogP contribution in [0, 0.1) is 0 Å². The number of piperazine rings is 1. The second kappa shape index (κ2) is 4.02. The summed E-state index contributed by atoms with van der Waals surface area (Å²) in [5.41, 5.74) is 0. The molecule has 1 atom stereocenters. The molecule has 0 aliphatic carbocycles. The SMILES string of the molecule is C[C@@H]1CNCCN1Cc1nnn(C)n1.